The molecule has 0 bridgehead atoms. The summed E-state index contributed by atoms with van der Waals surface area (Å²) in [5.41, 5.74) is 0.640. The molecule has 0 fully saturated rings. The van der Waals surface area contributed by atoms with Crippen LogP contribution in [0.3, 0.4) is 0 Å². The number of hydrogen-bond donors (Lipinski definition) is 1. The van der Waals surface area contributed by atoms with E-state index in [2.05, 4.69) is 9.97 Å². The molecule has 0 spiro atoms. The third kappa shape index (κ3) is 2.98. The van der Waals surface area contributed by atoms with Crippen LogP contribution in [0.4, 0.5) is 0 Å². The van der Waals surface area contributed by atoms with Gasteiger partial charge < -0.3 is 4.98 Å². The van der Waals surface area contributed by atoms with Crippen LogP contribution in [0.5, 0.6) is 0 Å². The molecule has 1 aromatic heterocycles. The van der Waals surface area contributed by atoms with Gasteiger partial charge >= 0.3 is 0 Å². The summed E-state index contributed by atoms with van der Waals surface area (Å²) in [5.74, 6) is 0.540. The van der Waals surface area contributed by atoms with Crippen LogP contribution in [-0.2, 0) is 16.6 Å². The first-order chi connectivity index (χ1) is 9.32. The molecule has 1 N–H and O–H groups in total. The second-order valence-electron chi connectivity index (χ2n) is 4.31. The van der Waals surface area contributed by atoms with Gasteiger partial charge in [0.2, 0.25) is 0 Å². The van der Waals surface area contributed by atoms with Crippen LogP contribution in [0.2, 0.25) is 10.0 Å². The number of aromatic amines is 1. The summed E-state index contributed by atoms with van der Waals surface area (Å²) in [6.45, 7) is 1.81. The molecule has 1 heterocycles. The maximum Gasteiger partial charge on any atom is 0.260 e. The van der Waals surface area contributed by atoms with Gasteiger partial charge in [0, 0.05) is 13.6 Å². The van der Waals surface area contributed by atoms with E-state index in [1.807, 2.05) is 0 Å². The van der Waals surface area contributed by atoms with E-state index in [1.165, 1.54) is 17.5 Å². The molecule has 0 saturated carbocycles. The number of benzene rings is 1. The van der Waals surface area contributed by atoms with E-state index in [4.69, 9.17) is 23.2 Å². The lowest BCUT2D eigenvalue weighted by molar-refractivity contribution is 0.464. The first kappa shape index (κ1) is 15.3. The molecule has 0 aliphatic heterocycles. The molecule has 2 rings (SSSR count). The van der Waals surface area contributed by atoms with Crippen molar-refractivity contribution < 1.29 is 8.42 Å². The lowest BCUT2D eigenvalue weighted by Crippen LogP contribution is -2.27. The predicted octanol–water partition coefficient (Wildman–Crippen LogP) is 2.85. The van der Waals surface area contributed by atoms with Gasteiger partial charge in [-0.2, -0.15) is 4.31 Å². The number of H-pyrrole nitrogens is 1. The van der Waals surface area contributed by atoms with Gasteiger partial charge in [-0.15, -0.1) is 0 Å². The highest BCUT2D eigenvalue weighted by molar-refractivity contribution is 7.89. The molecule has 5 nitrogen and oxygen atoms in total. The van der Waals surface area contributed by atoms with Crippen LogP contribution in [0.1, 0.15) is 11.4 Å². The Labute approximate surface area is 127 Å². The van der Waals surface area contributed by atoms with Crippen molar-refractivity contribution >= 4 is 33.2 Å². The van der Waals surface area contributed by atoms with E-state index in [1.54, 1.807) is 25.1 Å². The minimum Gasteiger partial charge on any atom is -0.332 e. The van der Waals surface area contributed by atoms with Crippen molar-refractivity contribution in [3.8, 4) is 0 Å². The molecular weight excluding hydrogens is 321 g/mol. The third-order valence-electron chi connectivity index (χ3n) is 2.79. The van der Waals surface area contributed by atoms with Crippen LogP contribution in [0, 0.1) is 6.92 Å². The molecule has 0 unspecified atom stereocenters. The number of aromatic nitrogens is 2. The SMILES string of the molecule is Cc1ncc(S(=O)(=O)N(C)Cc2cccc(Cl)c2Cl)[nH]1. The number of imidazole rings is 1. The topological polar surface area (TPSA) is 66.1 Å². The lowest BCUT2D eigenvalue weighted by Gasteiger charge is -2.17. The monoisotopic (exact) mass is 333 g/mol. The van der Waals surface area contributed by atoms with Crippen molar-refractivity contribution in [1.82, 2.24) is 14.3 Å². The van der Waals surface area contributed by atoms with Crippen LogP contribution in [-0.4, -0.2) is 29.7 Å². The lowest BCUT2D eigenvalue weighted by atomic mass is 10.2. The van der Waals surface area contributed by atoms with Crippen molar-refractivity contribution in [2.45, 2.75) is 18.5 Å². The van der Waals surface area contributed by atoms with Crippen molar-refractivity contribution in [3.63, 3.8) is 0 Å². The average molecular weight is 334 g/mol. The normalized spacial score (nSPS) is 12.1. The smallest absolute Gasteiger partial charge is 0.260 e. The van der Waals surface area contributed by atoms with Crippen LogP contribution >= 0.6 is 23.2 Å². The van der Waals surface area contributed by atoms with E-state index in [0.29, 0.717) is 21.4 Å². The Morgan fingerprint density at radius 2 is 2.05 bits per heavy atom. The Balaban J connectivity index is 2.28. The van der Waals surface area contributed by atoms with Gasteiger partial charge in [-0.1, -0.05) is 35.3 Å². The number of halogens is 2. The number of sulfonamides is 1. The molecule has 2 aromatic rings. The summed E-state index contributed by atoms with van der Waals surface area (Å²) in [5, 5.41) is 0.806. The first-order valence-corrected chi connectivity index (χ1v) is 7.93. The zero-order valence-electron chi connectivity index (χ0n) is 10.9. The van der Waals surface area contributed by atoms with Crippen LogP contribution in [0.25, 0.3) is 0 Å². The molecule has 0 aliphatic rings. The molecule has 8 heteroatoms. The molecule has 0 saturated heterocycles. The van der Waals surface area contributed by atoms with Gasteiger partial charge in [0.15, 0.2) is 5.03 Å². The van der Waals surface area contributed by atoms with E-state index in [9.17, 15) is 8.42 Å². The van der Waals surface area contributed by atoms with Crippen molar-refractivity contribution in [3.05, 3.63) is 45.8 Å². The van der Waals surface area contributed by atoms with E-state index < -0.39 is 10.0 Å². The summed E-state index contributed by atoms with van der Waals surface area (Å²) < 4.78 is 25.8. The number of hydrogen-bond acceptors (Lipinski definition) is 3. The minimum atomic E-state index is -3.63. The van der Waals surface area contributed by atoms with Crippen LogP contribution in [0.15, 0.2) is 29.4 Å². The summed E-state index contributed by atoms with van der Waals surface area (Å²) >= 11 is 12.0. The Morgan fingerprint density at radius 3 is 2.65 bits per heavy atom. The highest BCUT2D eigenvalue weighted by atomic mass is 35.5. The maximum atomic E-state index is 12.3. The third-order valence-corrected chi connectivity index (χ3v) is 5.36. The van der Waals surface area contributed by atoms with E-state index in [-0.39, 0.29) is 11.6 Å². The van der Waals surface area contributed by atoms with Crippen molar-refractivity contribution in [2.24, 2.45) is 0 Å². The fourth-order valence-corrected chi connectivity index (χ4v) is 3.18. The van der Waals surface area contributed by atoms with Crippen molar-refractivity contribution in [2.75, 3.05) is 7.05 Å². The number of nitrogens with one attached hydrogen (secondary N) is 1. The fraction of sp³-hybridized carbons (Fsp3) is 0.250. The Hall–Kier alpha value is -1.08. The first-order valence-electron chi connectivity index (χ1n) is 5.73. The van der Waals surface area contributed by atoms with Gasteiger partial charge in [-0.05, 0) is 18.6 Å². The molecule has 0 amide bonds. The number of nitrogens with zero attached hydrogens (tertiary/aromatic N) is 2. The number of aryl methyl sites for hydroxylation is 1. The second-order valence-corrected chi connectivity index (χ2v) is 7.11. The summed E-state index contributed by atoms with van der Waals surface area (Å²) in [6, 6.07) is 5.11. The molecule has 0 radical (unpaired) electrons. The van der Waals surface area contributed by atoms with Gasteiger partial charge in [-0.25, -0.2) is 13.4 Å². The van der Waals surface area contributed by atoms with Gasteiger partial charge in [-0.3, -0.25) is 0 Å². The standard InChI is InChI=1S/C12H13Cl2N3O2S/c1-8-15-6-11(16-8)20(18,19)17(2)7-9-4-3-5-10(13)12(9)14/h3-6H,7H2,1-2H3,(H,15,16). The largest absolute Gasteiger partial charge is 0.332 e. The molecule has 0 aliphatic carbocycles. The molecule has 0 atom stereocenters. The predicted molar refractivity (Wildman–Crippen MR) is 78.4 cm³/mol. The van der Waals surface area contributed by atoms with E-state index in [0.717, 1.165) is 0 Å². The Kier molecular flexibility index (Phi) is 4.39. The highest BCUT2D eigenvalue weighted by Gasteiger charge is 2.23. The zero-order valence-corrected chi connectivity index (χ0v) is 13.2. The summed E-state index contributed by atoms with van der Waals surface area (Å²) in [7, 11) is -2.16. The van der Waals surface area contributed by atoms with Gasteiger partial charge in [0.1, 0.15) is 5.82 Å². The molecule has 1 aromatic carbocycles. The molecule has 108 valence electrons. The molecular formula is C12H13Cl2N3O2S. The van der Waals surface area contributed by atoms with Crippen LogP contribution < -0.4 is 0 Å². The maximum absolute atomic E-state index is 12.3. The second kappa shape index (κ2) is 5.73. The Bertz CT molecular complexity index is 728. The Morgan fingerprint density at radius 1 is 1.35 bits per heavy atom. The summed E-state index contributed by atoms with van der Waals surface area (Å²) in [6.07, 6.45) is 1.29. The average Bonchev–Trinajstić information content (AvgIpc) is 2.82. The quantitative estimate of drug-likeness (QED) is 0.935. The fourth-order valence-electron chi connectivity index (χ4n) is 1.69. The number of rotatable bonds is 4. The minimum absolute atomic E-state index is 0.0515. The van der Waals surface area contributed by atoms with Gasteiger partial charge in [0.05, 0.1) is 16.2 Å². The highest BCUT2D eigenvalue weighted by Crippen LogP contribution is 2.27. The summed E-state index contributed by atoms with van der Waals surface area (Å²) in [4.78, 5) is 6.60. The zero-order chi connectivity index (χ0) is 14.9. The molecule has 20 heavy (non-hydrogen) atoms. The van der Waals surface area contributed by atoms with Crippen molar-refractivity contribution in [1.29, 1.82) is 0 Å². The van der Waals surface area contributed by atoms with Gasteiger partial charge in [0.25, 0.3) is 10.0 Å². The van der Waals surface area contributed by atoms with E-state index >= 15 is 0 Å².